The molecule has 1 fully saturated rings. The molecule has 46 heavy (non-hydrogen) atoms. The fourth-order valence-electron chi connectivity index (χ4n) is 4.94. The normalized spacial score (nSPS) is 14.5. The summed E-state index contributed by atoms with van der Waals surface area (Å²) in [6.45, 7) is 1.40. The summed E-state index contributed by atoms with van der Waals surface area (Å²) in [6.07, 6.45) is 3.66. The first kappa shape index (κ1) is 31.3. The molecular weight excluding hydrogens is 638 g/mol. The molecule has 1 aliphatic rings. The molecule has 0 bridgehead atoms. The van der Waals surface area contributed by atoms with Gasteiger partial charge in [-0.1, -0.05) is 35.6 Å². The summed E-state index contributed by atoms with van der Waals surface area (Å²) < 4.78 is 65.7. The molecular formula is C32H27F3N6O3S2. The molecule has 0 radical (unpaired) electrons. The van der Waals surface area contributed by atoms with Crippen LogP contribution < -0.4 is 16.0 Å². The summed E-state index contributed by atoms with van der Waals surface area (Å²) in [4.78, 5) is 25.9. The molecule has 0 saturated carbocycles. The number of nitrogens with one attached hydrogen (secondary N) is 3. The van der Waals surface area contributed by atoms with Crippen LogP contribution in [0.25, 0.3) is 22.4 Å². The van der Waals surface area contributed by atoms with Gasteiger partial charge in [0.25, 0.3) is 5.91 Å². The molecule has 3 heterocycles. The van der Waals surface area contributed by atoms with E-state index in [-0.39, 0.29) is 15.9 Å². The van der Waals surface area contributed by atoms with Gasteiger partial charge in [-0.3, -0.25) is 10.1 Å². The molecule has 3 aromatic carbocycles. The number of anilines is 3. The van der Waals surface area contributed by atoms with E-state index in [4.69, 9.17) is 0 Å². The third-order valence-electron chi connectivity index (χ3n) is 7.39. The molecule has 2 aromatic heterocycles. The first-order valence-electron chi connectivity index (χ1n) is 14.3. The monoisotopic (exact) mass is 664 g/mol. The zero-order chi connectivity index (χ0) is 32.3. The Morgan fingerprint density at radius 3 is 2.37 bits per heavy atom. The molecule has 0 unspecified atom stereocenters. The van der Waals surface area contributed by atoms with Gasteiger partial charge in [-0.25, -0.2) is 23.4 Å². The molecule has 0 aliphatic carbocycles. The summed E-state index contributed by atoms with van der Waals surface area (Å²) in [5, 5.41) is 8.75. The summed E-state index contributed by atoms with van der Waals surface area (Å²) >= 11 is 1.21. The zero-order valence-electron chi connectivity index (χ0n) is 24.1. The van der Waals surface area contributed by atoms with Gasteiger partial charge < -0.3 is 10.6 Å². The zero-order valence-corrected chi connectivity index (χ0v) is 25.7. The second kappa shape index (κ2) is 13.0. The van der Waals surface area contributed by atoms with Gasteiger partial charge in [-0.15, -0.1) is 0 Å². The minimum atomic E-state index is -4.55. The highest BCUT2D eigenvalue weighted by Gasteiger charge is 2.31. The van der Waals surface area contributed by atoms with Crippen molar-refractivity contribution in [1.29, 1.82) is 0 Å². The Morgan fingerprint density at radius 2 is 1.65 bits per heavy atom. The van der Waals surface area contributed by atoms with E-state index in [9.17, 15) is 26.4 Å². The second-order valence-electron chi connectivity index (χ2n) is 10.6. The van der Waals surface area contributed by atoms with Crippen molar-refractivity contribution in [2.24, 2.45) is 0 Å². The Balaban J connectivity index is 1.07. The van der Waals surface area contributed by atoms with Crippen LogP contribution >= 0.6 is 11.3 Å². The summed E-state index contributed by atoms with van der Waals surface area (Å²) in [7, 11) is -3.38. The van der Waals surface area contributed by atoms with E-state index in [0.29, 0.717) is 48.0 Å². The summed E-state index contributed by atoms with van der Waals surface area (Å²) in [5.74, 6) is -0.322. The van der Waals surface area contributed by atoms with Gasteiger partial charge in [0, 0.05) is 29.2 Å². The van der Waals surface area contributed by atoms with Crippen molar-refractivity contribution < 1.29 is 26.4 Å². The molecule has 1 aliphatic heterocycles. The second-order valence-corrected chi connectivity index (χ2v) is 13.9. The lowest BCUT2D eigenvalue weighted by molar-refractivity contribution is -0.137. The van der Waals surface area contributed by atoms with E-state index in [1.54, 1.807) is 42.7 Å². The minimum absolute atomic E-state index is 0.113. The van der Waals surface area contributed by atoms with Gasteiger partial charge in [-0.2, -0.15) is 13.2 Å². The van der Waals surface area contributed by atoms with Crippen molar-refractivity contribution in [1.82, 2.24) is 20.3 Å². The van der Waals surface area contributed by atoms with Crippen molar-refractivity contribution in [2.75, 3.05) is 23.7 Å². The quantitative estimate of drug-likeness (QED) is 0.166. The van der Waals surface area contributed by atoms with Crippen LogP contribution in [0.1, 0.15) is 39.9 Å². The van der Waals surface area contributed by atoms with Crippen molar-refractivity contribution in [2.45, 2.75) is 29.2 Å². The average Bonchev–Trinajstić information content (AvgIpc) is 3.46. The lowest BCUT2D eigenvalue weighted by Gasteiger charge is -2.22. The number of benzene rings is 3. The van der Waals surface area contributed by atoms with E-state index in [2.05, 4.69) is 30.9 Å². The molecule has 5 aromatic rings. The molecule has 0 atom stereocenters. The number of hydrogen-bond donors (Lipinski definition) is 3. The largest absolute Gasteiger partial charge is 0.416 e. The number of piperidine rings is 1. The number of fused-ring (bicyclic) bond motifs is 1. The number of nitrogens with zero attached hydrogens (tertiary/aromatic N) is 3. The number of thiazole rings is 1. The van der Waals surface area contributed by atoms with Gasteiger partial charge in [0.05, 0.1) is 25.9 Å². The van der Waals surface area contributed by atoms with E-state index in [0.717, 1.165) is 28.0 Å². The van der Waals surface area contributed by atoms with Crippen LogP contribution in [0.4, 0.5) is 29.9 Å². The number of alkyl halides is 3. The van der Waals surface area contributed by atoms with Crippen molar-refractivity contribution in [3.05, 3.63) is 101 Å². The molecule has 0 spiro atoms. The maximum atomic E-state index is 13.0. The molecule has 1 saturated heterocycles. The smallest absolute Gasteiger partial charge is 0.324 e. The van der Waals surface area contributed by atoms with E-state index >= 15 is 0 Å². The Hall–Kier alpha value is -4.66. The van der Waals surface area contributed by atoms with Gasteiger partial charge in [0.1, 0.15) is 0 Å². The maximum Gasteiger partial charge on any atom is 0.416 e. The number of rotatable bonds is 8. The van der Waals surface area contributed by atoms with Crippen molar-refractivity contribution in [3.63, 3.8) is 0 Å². The lowest BCUT2D eigenvalue weighted by Crippen LogP contribution is -2.35. The Labute approximate surface area is 266 Å². The van der Waals surface area contributed by atoms with Gasteiger partial charge in [0.15, 0.2) is 15.0 Å². The first-order valence-corrected chi connectivity index (χ1v) is 16.6. The minimum Gasteiger partial charge on any atom is -0.324 e. The molecule has 9 nitrogen and oxygen atoms in total. The highest BCUT2D eigenvalue weighted by Crippen LogP contribution is 2.31. The van der Waals surface area contributed by atoms with Crippen molar-refractivity contribution >= 4 is 66.2 Å². The number of aromatic nitrogens is 3. The van der Waals surface area contributed by atoms with Crippen LogP contribution in [0.2, 0.25) is 0 Å². The maximum absolute atomic E-state index is 13.0. The molecule has 1 amide bonds. The third kappa shape index (κ3) is 7.25. The SMILES string of the molecule is O=C(Nc1nc2ccc(/C=C/c3cnc(Nc4ccc(S(=O)(=O)C5CCNCC5)cc4)nc3)cc2s1)c1cccc(C(F)(F)F)c1. The van der Waals surface area contributed by atoms with Crippen LogP contribution in [0.15, 0.2) is 84.0 Å². The number of hydrogen-bond acceptors (Lipinski definition) is 9. The first-order chi connectivity index (χ1) is 22.0. The van der Waals surface area contributed by atoms with Crippen LogP contribution in [-0.4, -0.2) is 47.6 Å². The fourth-order valence-corrected chi connectivity index (χ4v) is 7.61. The van der Waals surface area contributed by atoms with Crippen LogP contribution in [-0.2, 0) is 16.0 Å². The summed E-state index contributed by atoms with van der Waals surface area (Å²) in [6, 6.07) is 16.3. The number of sulfone groups is 1. The number of halogens is 3. The van der Waals surface area contributed by atoms with Crippen LogP contribution in [0, 0.1) is 0 Å². The highest BCUT2D eigenvalue weighted by molar-refractivity contribution is 7.92. The predicted molar refractivity (Wildman–Crippen MR) is 173 cm³/mol. The van der Waals surface area contributed by atoms with Crippen LogP contribution in [0.3, 0.4) is 0 Å². The Kier molecular flexibility index (Phi) is 8.84. The lowest BCUT2D eigenvalue weighted by atomic mass is 10.1. The molecule has 14 heteroatoms. The topological polar surface area (TPSA) is 126 Å². The number of carbonyl (C=O) groups excluding carboxylic acids is 1. The third-order valence-corrected chi connectivity index (χ3v) is 10.6. The van der Waals surface area contributed by atoms with Crippen molar-refractivity contribution in [3.8, 4) is 0 Å². The number of amides is 1. The standard InChI is InChI=1S/C32H27F3N6O3S2/c33-32(34,35)23-3-1-2-22(17-23)29(42)41-31-40-27-11-6-20(16-28(27)45-31)4-5-21-18-37-30(38-19-21)39-24-7-9-25(10-8-24)46(43,44)26-12-14-36-15-13-26/h1-11,16-19,26,36H,12-15H2,(H,37,38,39)(H,40,41,42)/b5-4+. The Morgan fingerprint density at radius 1 is 0.935 bits per heavy atom. The summed E-state index contributed by atoms with van der Waals surface area (Å²) in [5.41, 5.74) is 1.89. The Bertz CT molecular complexity index is 2010. The fraction of sp³-hybridized carbons (Fsp3) is 0.188. The van der Waals surface area contributed by atoms with E-state index < -0.39 is 27.5 Å². The van der Waals surface area contributed by atoms with Gasteiger partial charge in [-0.05, 0) is 86.1 Å². The van der Waals surface area contributed by atoms with Crippen LogP contribution in [0.5, 0.6) is 0 Å². The average molecular weight is 665 g/mol. The molecule has 3 N–H and O–H groups in total. The van der Waals surface area contributed by atoms with Gasteiger partial charge >= 0.3 is 6.18 Å². The molecule has 6 rings (SSSR count). The predicted octanol–water partition coefficient (Wildman–Crippen LogP) is 6.80. The van der Waals surface area contributed by atoms with E-state index in [1.165, 1.54) is 23.5 Å². The number of carbonyl (C=O) groups is 1. The molecule has 236 valence electrons. The van der Waals surface area contributed by atoms with Gasteiger partial charge in [0.2, 0.25) is 5.95 Å². The highest BCUT2D eigenvalue weighted by atomic mass is 32.2. The van der Waals surface area contributed by atoms with E-state index in [1.807, 2.05) is 24.3 Å².